The summed E-state index contributed by atoms with van der Waals surface area (Å²) in [6.07, 6.45) is -0.167. The van der Waals surface area contributed by atoms with E-state index in [0.717, 1.165) is 4.90 Å². The molecular formula is C8H13NO4. The minimum Gasteiger partial charge on any atom is -0.480 e. The molecule has 0 unspecified atom stereocenters. The molecule has 0 aromatic heterocycles. The molecule has 0 aromatic rings. The minimum atomic E-state index is -1.16. The van der Waals surface area contributed by atoms with E-state index in [2.05, 4.69) is 0 Å². The Kier molecular flexibility index (Phi) is 2.19. The Bertz CT molecular complexity index is 249. The summed E-state index contributed by atoms with van der Waals surface area (Å²) in [5.74, 6) is -1.06. The lowest BCUT2D eigenvalue weighted by Gasteiger charge is -2.31. The van der Waals surface area contributed by atoms with E-state index >= 15 is 0 Å². The average Bonchev–Trinajstić information content (AvgIpc) is 2.24. The monoisotopic (exact) mass is 187 g/mol. The van der Waals surface area contributed by atoms with Crippen molar-refractivity contribution in [3.05, 3.63) is 0 Å². The maximum absolute atomic E-state index is 10.8. The van der Waals surface area contributed by atoms with Crippen LogP contribution in [-0.4, -0.2) is 38.8 Å². The van der Waals surface area contributed by atoms with E-state index in [4.69, 9.17) is 10.2 Å². The van der Waals surface area contributed by atoms with Gasteiger partial charge in [0.15, 0.2) is 0 Å². The number of carboxylic acids is 1. The number of nitrogens with zero attached hydrogens (tertiary/aromatic N) is 1. The molecule has 2 N–H and O–H groups in total. The molecule has 5 heteroatoms. The molecule has 74 valence electrons. The first-order valence-electron chi connectivity index (χ1n) is 4.11. The van der Waals surface area contributed by atoms with Crippen molar-refractivity contribution in [2.45, 2.75) is 38.3 Å². The molecule has 1 fully saturated rings. The van der Waals surface area contributed by atoms with E-state index in [0.29, 0.717) is 12.8 Å². The Balaban J connectivity index is 2.92. The third-order valence-corrected chi connectivity index (χ3v) is 2.48. The SMILES string of the molecule is CC1(C)CC[C@@H](C(=O)O)N1C(=O)O. The number of amides is 1. The standard InChI is InChI=1S/C8H13NO4/c1-8(2)4-3-5(6(10)11)9(8)7(12)13/h5H,3-4H2,1-2H3,(H,10,11)(H,12,13)/t5-/m0/s1. The van der Waals surface area contributed by atoms with Gasteiger partial charge in [0.2, 0.25) is 0 Å². The average molecular weight is 187 g/mol. The highest BCUT2D eigenvalue weighted by atomic mass is 16.4. The van der Waals surface area contributed by atoms with Crippen LogP contribution < -0.4 is 0 Å². The van der Waals surface area contributed by atoms with E-state index < -0.39 is 23.6 Å². The number of aliphatic carboxylic acids is 1. The topological polar surface area (TPSA) is 77.8 Å². The number of hydrogen-bond donors (Lipinski definition) is 2. The first kappa shape index (κ1) is 9.83. The number of carbonyl (C=O) groups is 2. The second-order valence-corrected chi connectivity index (χ2v) is 3.86. The highest BCUT2D eigenvalue weighted by molar-refractivity contribution is 5.80. The van der Waals surface area contributed by atoms with Gasteiger partial charge in [-0.2, -0.15) is 0 Å². The van der Waals surface area contributed by atoms with Crippen LogP contribution in [-0.2, 0) is 4.79 Å². The van der Waals surface area contributed by atoms with E-state index in [1.165, 1.54) is 0 Å². The molecule has 0 aliphatic carbocycles. The predicted molar refractivity (Wildman–Crippen MR) is 44.6 cm³/mol. The molecular weight excluding hydrogens is 174 g/mol. The van der Waals surface area contributed by atoms with Gasteiger partial charge in [-0.1, -0.05) is 0 Å². The normalized spacial score (nSPS) is 26.0. The summed E-state index contributed by atoms with van der Waals surface area (Å²) in [4.78, 5) is 22.5. The summed E-state index contributed by atoms with van der Waals surface area (Å²) in [5.41, 5.74) is -0.561. The van der Waals surface area contributed by atoms with Crippen LogP contribution in [0, 0.1) is 0 Å². The van der Waals surface area contributed by atoms with Gasteiger partial charge in [0, 0.05) is 5.54 Å². The van der Waals surface area contributed by atoms with Crippen molar-refractivity contribution < 1.29 is 19.8 Å². The summed E-state index contributed by atoms with van der Waals surface area (Å²) in [6.45, 7) is 3.48. The Morgan fingerprint density at radius 1 is 1.38 bits per heavy atom. The van der Waals surface area contributed by atoms with E-state index in [1.807, 2.05) is 0 Å². The lowest BCUT2D eigenvalue weighted by Crippen LogP contribution is -2.49. The van der Waals surface area contributed by atoms with Crippen molar-refractivity contribution in [1.29, 1.82) is 0 Å². The zero-order chi connectivity index (χ0) is 10.2. The summed E-state index contributed by atoms with van der Waals surface area (Å²) >= 11 is 0. The van der Waals surface area contributed by atoms with Gasteiger partial charge in [-0.3, -0.25) is 4.90 Å². The van der Waals surface area contributed by atoms with Crippen LogP contribution in [0.2, 0.25) is 0 Å². The second kappa shape index (κ2) is 2.90. The molecule has 1 amide bonds. The molecule has 0 radical (unpaired) electrons. The summed E-state index contributed by atoms with van der Waals surface area (Å²) < 4.78 is 0. The van der Waals surface area contributed by atoms with Gasteiger partial charge in [-0.25, -0.2) is 9.59 Å². The Hall–Kier alpha value is -1.26. The molecule has 1 aliphatic heterocycles. The molecule has 0 spiro atoms. The van der Waals surface area contributed by atoms with Crippen LogP contribution in [0.3, 0.4) is 0 Å². The number of carboxylic acid groups (broad SMARTS) is 2. The van der Waals surface area contributed by atoms with Crippen LogP contribution in [0.5, 0.6) is 0 Å². The third-order valence-electron chi connectivity index (χ3n) is 2.48. The van der Waals surface area contributed by atoms with Crippen molar-refractivity contribution in [1.82, 2.24) is 4.90 Å². The quantitative estimate of drug-likeness (QED) is 0.641. The third kappa shape index (κ3) is 1.59. The van der Waals surface area contributed by atoms with Crippen molar-refractivity contribution in [2.75, 3.05) is 0 Å². The molecule has 1 heterocycles. The van der Waals surface area contributed by atoms with Crippen LogP contribution in [0.4, 0.5) is 4.79 Å². The van der Waals surface area contributed by atoms with Crippen LogP contribution in [0.25, 0.3) is 0 Å². The first-order valence-corrected chi connectivity index (χ1v) is 4.11. The van der Waals surface area contributed by atoms with Gasteiger partial charge in [0.25, 0.3) is 0 Å². The molecule has 0 aromatic carbocycles. The van der Waals surface area contributed by atoms with E-state index in [9.17, 15) is 9.59 Å². The van der Waals surface area contributed by atoms with E-state index in [-0.39, 0.29) is 0 Å². The number of likely N-dealkylation sites (tertiary alicyclic amines) is 1. The van der Waals surface area contributed by atoms with E-state index in [1.54, 1.807) is 13.8 Å². The van der Waals surface area contributed by atoms with Crippen molar-refractivity contribution in [3.8, 4) is 0 Å². The van der Waals surface area contributed by atoms with Gasteiger partial charge in [0.1, 0.15) is 6.04 Å². The predicted octanol–water partition coefficient (Wildman–Crippen LogP) is 0.992. The summed E-state index contributed by atoms with van der Waals surface area (Å²) in [6, 6.07) is -0.882. The zero-order valence-electron chi connectivity index (χ0n) is 7.65. The number of hydrogen-bond acceptors (Lipinski definition) is 2. The largest absolute Gasteiger partial charge is 0.480 e. The van der Waals surface area contributed by atoms with Gasteiger partial charge >= 0.3 is 12.1 Å². The van der Waals surface area contributed by atoms with Crippen molar-refractivity contribution in [2.24, 2.45) is 0 Å². The maximum Gasteiger partial charge on any atom is 0.408 e. The smallest absolute Gasteiger partial charge is 0.408 e. The molecule has 1 saturated heterocycles. The van der Waals surface area contributed by atoms with Crippen molar-refractivity contribution >= 4 is 12.1 Å². The van der Waals surface area contributed by atoms with Gasteiger partial charge < -0.3 is 10.2 Å². The molecule has 1 atom stereocenters. The maximum atomic E-state index is 10.8. The fourth-order valence-corrected chi connectivity index (χ4v) is 1.79. The molecule has 5 nitrogen and oxygen atoms in total. The van der Waals surface area contributed by atoms with Crippen molar-refractivity contribution in [3.63, 3.8) is 0 Å². The lowest BCUT2D eigenvalue weighted by molar-refractivity contribution is -0.142. The molecule has 1 aliphatic rings. The number of rotatable bonds is 1. The summed E-state index contributed by atoms with van der Waals surface area (Å²) in [5, 5.41) is 17.6. The minimum absolute atomic E-state index is 0.397. The fraction of sp³-hybridized carbons (Fsp3) is 0.750. The van der Waals surface area contributed by atoms with Gasteiger partial charge in [-0.15, -0.1) is 0 Å². The zero-order valence-corrected chi connectivity index (χ0v) is 7.65. The second-order valence-electron chi connectivity index (χ2n) is 3.86. The first-order chi connectivity index (χ1) is 5.86. The van der Waals surface area contributed by atoms with Crippen LogP contribution >= 0.6 is 0 Å². The van der Waals surface area contributed by atoms with Crippen LogP contribution in [0.15, 0.2) is 0 Å². The van der Waals surface area contributed by atoms with Crippen LogP contribution in [0.1, 0.15) is 26.7 Å². The Labute approximate surface area is 76.0 Å². The lowest BCUT2D eigenvalue weighted by atomic mass is 10.0. The Morgan fingerprint density at radius 2 is 1.92 bits per heavy atom. The fourth-order valence-electron chi connectivity index (χ4n) is 1.79. The summed E-state index contributed by atoms with van der Waals surface area (Å²) in [7, 11) is 0. The highest BCUT2D eigenvalue weighted by Gasteiger charge is 2.45. The molecule has 13 heavy (non-hydrogen) atoms. The van der Waals surface area contributed by atoms with Gasteiger partial charge in [0.05, 0.1) is 0 Å². The molecule has 1 rings (SSSR count). The molecule has 0 bridgehead atoms. The highest BCUT2D eigenvalue weighted by Crippen LogP contribution is 2.33. The van der Waals surface area contributed by atoms with Gasteiger partial charge in [-0.05, 0) is 26.7 Å². The molecule has 0 saturated carbocycles. The Morgan fingerprint density at radius 3 is 2.23 bits per heavy atom.